The topological polar surface area (TPSA) is 93.8 Å². The molecule has 0 bridgehead atoms. The maximum Gasteiger partial charge on any atom is 0.269 e. The summed E-state index contributed by atoms with van der Waals surface area (Å²) < 4.78 is 1.80. The number of aryl methyl sites for hydroxylation is 1. The van der Waals surface area contributed by atoms with E-state index in [-0.39, 0.29) is 18.0 Å². The second-order valence-electron chi connectivity index (χ2n) is 4.12. The summed E-state index contributed by atoms with van der Waals surface area (Å²) in [6, 6.07) is 5.47. The zero-order chi connectivity index (χ0) is 14.7. The molecule has 0 spiro atoms. The van der Waals surface area contributed by atoms with Gasteiger partial charge in [0.1, 0.15) is 12.4 Å². The Hall–Kier alpha value is -2.35. The fraction of sp³-hybridized carbons (Fsp3) is 0.250. The van der Waals surface area contributed by atoms with Gasteiger partial charge in [0.15, 0.2) is 5.78 Å². The van der Waals surface area contributed by atoms with Crippen LogP contribution in [0.3, 0.4) is 0 Å². The van der Waals surface area contributed by atoms with Gasteiger partial charge in [0.2, 0.25) is 4.77 Å². The lowest BCUT2D eigenvalue weighted by molar-refractivity contribution is -0.384. The molecule has 0 fully saturated rings. The van der Waals surface area contributed by atoms with Gasteiger partial charge >= 0.3 is 0 Å². The Morgan fingerprint density at radius 3 is 2.60 bits per heavy atom. The summed E-state index contributed by atoms with van der Waals surface area (Å²) in [7, 11) is 0. The first kappa shape index (κ1) is 14.1. The van der Waals surface area contributed by atoms with Crippen molar-refractivity contribution in [3.05, 3.63) is 50.5 Å². The molecule has 1 heterocycles. The highest BCUT2D eigenvalue weighted by Gasteiger charge is 2.11. The fourth-order valence-electron chi connectivity index (χ4n) is 1.67. The third-order valence-corrected chi connectivity index (χ3v) is 3.07. The predicted octanol–water partition coefficient (Wildman–Crippen LogP) is 2.29. The molecule has 0 amide bonds. The van der Waals surface area contributed by atoms with Gasteiger partial charge in [-0.3, -0.25) is 24.7 Å². The first-order chi connectivity index (χ1) is 9.51. The lowest BCUT2D eigenvalue weighted by Gasteiger charge is -2.02. The fourth-order valence-corrected chi connectivity index (χ4v) is 1.89. The minimum Gasteiger partial charge on any atom is -0.292 e. The first-order valence-corrected chi connectivity index (χ1v) is 6.35. The number of ketones is 1. The number of carbonyl (C=O) groups excluding carboxylic acids is 1. The molecule has 7 nitrogen and oxygen atoms in total. The average Bonchev–Trinajstić information content (AvgIpc) is 2.79. The molecule has 104 valence electrons. The van der Waals surface area contributed by atoms with Crippen molar-refractivity contribution in [2.75, 3.05) is 0 Å². The normalized spacial score (nSPS) is 10.4. The quantitative estimate of drug-likeness (QED) is 0.395. The van der Waals surface area contributed by atoms with Crippen molar-refractivity contribution >= 4 is 23.7 Å². The molecule has 0 saturated carbocycles. The maximum atomic E-state index is 12.1. The Morgan fingerprint density at radius 2 is 2.10 bits per heavy atom. The number of hydrogen-bond acceptors (Lipinski definition) is 5. The summed E-state index contributed by atoms with van der Waals surface area (Å²) >= 11 is 5.04. The zero-order valence-corrected chi connectivity index (χ0v) is 11.5. The number of nitrogens with zero attached hydrogens (tertiary/aromatic N) is 3. The third kappa shape index (κ3) is 2.97. The van der Waals surface area contributed by atoms with Crippen LogP contribution >= 0.6 is 12.2 Å². The summed E-state index contributed by atoms with van der Waals surface area (Å²) in [6.07, 6.45) is 0.697. The number of H-pyrrole nitrogens is 1. The van der Waals surface area contributed by atoms with E-state index in [0.29, 0.717) is 22.6 Å². The molecule has 0 atom stereocenters. The smallest absolute Gasteiger partial charge is 0.269 e. The van der Waals surface area contributed by atoms with E-state index in [4.69, 9.17) is 12.2 Å². The van der Waals surface area contributed by atoms with Crippen LogP contribution in [0.2, 0.25) is 0 Å². The van der Waals surface area contributed by atoms with Crippen molar-refractivity contribution in [2.45, 2.75) is 19.9 Å². The van der Waals surface area contributed by atoms with E-state index in [2.05, 4.69) is 10.1 Å². The van der Waals surface area contributed by atoms with Gasteiger partial charge in [-0.1, -0.05) is 6.92 Å². The van der Waals surface area contributed by atoms with E-state index in [1.165, 1.54) is 28.9 Å². The number of nitro benzene ring substituents is 1. The lowest BCUT2D eigenvalue weighted by Crippen LogP contribution is -2.12. The minimum absolute atomic E-state index is 0.0314. The van der Waals surface area contributed by atoms with Crippen LogP contribution in [-0.4, -0.2) is 25.5 Å². The molecule has 2 aromatic rings. The molecule has 0 aliphatic rings. The van der Waals surface area contributed by atoms with Gasteiger partial charge in [-0.2, -0.15) is 0 Å². The number of carbonyl (C=O) groups is 1. The highest BCUT2D eigenvalue weighted by Crippen LogP contribution is 2.12. The van der Waals surface area contributed by atoms with Gasteiger partial charge in [0.25, 0.3) is 5.69 Å². The van der Waals surface area contributed by atoms with Crippen molar-refractivity contribution in [1.82, 2.24) is 14.8 Å². The monoisotopic (exact) mass is 292 g/mol. The van der Waals surface area contributed by atoms with E-state index in [9.17, 15) is 14.9 Å². The number of aromatic nitrogens is 3. The van der Waals surface area contributed by atoms with Crippen LogP contribution in [-0.2, 0) is 13.0 Å². The van der Waals surface area contributed by atoms with E-state index < -0.39 is 4.92 Å². The predicted molar refractivity (Wildman–Crippen MR) is 74.2 cm³/mol. The highest BCUT2D eigenvalue weighted by atomic mass is 32.1. The number of rotatable bonds is 5. The van der Waals surface area contributed by atoms with Crippen molar-refractivity contribution in [1.29, 1.82) is 0 Å². The lowest BCUT2D eigenvalue weighted by atomic mass is 10.1. The van der Waals surface area contributed by atoms with Gasteiger partial charge in [-0.05, 0) is 24.4 Å². The number of non-ortho nitro benzene ring substituents is 1. The van der Waals surface area contributed by atoms with Crippen molar-refractivity contribution < 1.29 is 9.72 Å². The Kier molecular flexibility index (Phi) is 4.04. The van der Waals surface area contributed by atoms with Crippen molar-refractivity contribution in [2.24, 2.45) is 0 Å². The molecule has 0 radical (unpaired) electrons. The molecule has 1 aromatic carbocycles. The van der Waals surface area contributed by atoms with Crippen LogP contribution in [0.1, 0.15) is 23.1 Å². The Bertz CT molecular complexity index is 702. The van der Waals surface area contributed by atoms with Gasteiger partial charge in [-0.25, -0.2) is 4.98 Å². The van der Waals surface area contributed by atoms with Gasteiger partial charge < -0.3 is 0 Å². The van der Waals surface area contributed by atoms with Crippen LogP contribution in [0.25, 0.3) is 0 Å². The molecule has 20 heavy (non-hydrogen) atoms. The molecule has 1 N–H and O–H groups in total. The average molecular weight is 292 g/mol. The third-order valence-electron chi connectivity index (χ3n) is 2.76. The minimum atomic E-state index is -0.507. The number of nitrogens with one attached hydrogen (secondary N) is 1. The Morgan fingerprint density at radius 1 is 1.45 bits per heavy atom. The summed E-state index contributed by atoms with van der Waals surface area (Å²) in [5.41, 5.74) is 0.345. The number of benzene rings is 1. The summed E-state index contributed by atoms with van der Waals surface area (Å²) in [6.45, 7) is 1.96. The summed E-state index contributed by atoms with van der Waals surface area (Å²) in [4.78, 5) is 26.2. The molecule has 2 rings (SSSR count). The van der Waals surface area contributed by atoms with E-state index >= 15 is 0 Å². The SMILES string of the molecule is CCc1nc(=S)n(CC(=O)c2ccc([N+](=O)[O-])cc2)[nH]1. The van der Waals surface area contributed by atoms with E-state index in [1.807, 2.05) is 6.92 Å². The van der Waals surface area contributed by atoms with Crippen LogP contribution in [0.15, 0.2) is 24.3 Å². The molecule has 8 heteroatoms. The number of Topliss-reactive ketones (excluding diaryl/α,β-unsaturated/α-hetero) is 1. The van der Waals surface area contributed by atoms with Crippen LogP contribution < -0.4 is 0 Å². The van der Waals surface area contributed by atoms with Crippen LogP contribution in [0.5, 0.6) is 0 Å². The highest BCUT2D eigenvalue weighted by molar-refractivity contribution is 7.71. The van der Waals surface area contributed by atoms with E-state index in [1.54, 1.807) is 0 Å². The number of hydrogen-bond donors (Lipinski definition) is 1. The standard InChI is InChI=1S/C12H12N4O3S/c1-2-11-13-12(20)15(14-11)7-10(17)8-3-5-9(6-4-8)16(18)19/h3-6H,2,7H2,1H3,(H,13,14,20). The maximum absolute atomic E-state index is 12.1. The second-order valence-corrected chi connectivity index (χ2v) is 4.48. The molecular formula is C12H12N4O3S. The second kappa shape index (κ2) is 5.74. The first-order valence-electron chi connectivity index (χ1n) is 5.94. The number of nitro groups is 1. The van der Waals surface area contributed by atoms with Crippen LogP contribution in [0.4, 0.5) is 5.69 Å². The Balaban J connectivity index is 2.17. The largest absolute Gasteiger partial charge is 0.292 e. The zero-order valence-electron chi connectivity index (χ0n) is 10.7. The van der Waals surface area contributed by atoms with Crippen molar-refractivity contribution in [3.63, 3.8) is 0 Å². The van der Waals surface area contributed by atoms with Gasteiger partial charge in [0.05, 0.1) is 4.92 Å². The molecule has 0 saturated heterocycles. The van der Waals surface area contributed by atoms with E-state index in [0.717, 1.165) is 0 Å². The van der Waals surface area contributed by atoms with Crippen molar-refractivity contribution in [3.8, 4) is 0 Å². The van der Waals surface area contributed by atoms with Gasteiger partial charge in [0, 0.05) is 24.1 Å². The van der Waals surface area contributed by atoms with Crippen LogP contribution in [0, 0.1) is 14.9 Å². The molecule has 1 aromatic heterocycles. The molecule has 0 unspecified atom stereocenters. The number of aromatic amines is 1. The molecule has 0 aliphatic heterocycles. The summed E-state index contributed by atoms with van der Waals surface area (Å²) in [5.74, 6) is 0.522. The Labute approximate surface area is 119 Å². The molecule has 0 aliphatic carbocycles. The molecular weight excluding hydrogens is 280 g/mol. The summed E-state index contributed by atoms with van der Waals surface area (Å²) in [5, 5.41) is 13.5. The van der Waals surface area contributed by atoms with Gasteiger partial charge in [-0.15, -0.1) is 0 Å².